The Bertz CT molecular complexity index is 1010. The Morgan fingerprint density at radius 1 is 1.37 bits per heavy atom. The zero-order valence-electron chi connectivity index (χ0n) is 16.6. The molecule has 162 valence electrons. The van der Waals surface area contributed by atoms with Crippen LogP contribution < -0.4 is 5.32 Å². The number of nitrogens with zero attached hydrogens (tertiary/aromatic N) is 2. The number of carbonyl (C=O) groups excluding carboxylic acids is 1. The van der Waals surface area contributed by atoms with Crippen molar-refractivity contribution in [3.8, 4) is 0 Å². The molecule has 1 aliphatic rings. The highest BCUT2D eigenvalue weighted by Gasteiger charge is 2.36. The molecule has 1 aromatic carbocycles. The average Bonchev–Trinajstić information content (AvgIpc) is 3.51. The summed E-state index contributed by atoms with van der Waals surface area (Å²) in [6, 6.07) is 5.94. The molecule has 0 unspecified atom stereocenters. The largest absolute Gasteiger partial charge is 0.392 e. The van der Waals surface area contributed by atoms with Gasteiger partial charge in [-0.25, -0.2) is 13.4 Å². The molecule has 1 fully saturated rings. The zero-order chi connectivity index (χ0) is 21.7. The van der Waals surface area contributed by atoms with Crippen LogP contribution in [0.1, 0.15) is 30.2 Å². The summed E-state index contributed by atoms with van der Waals surface area (Å²) in [5.41, 5.74) is 0.315. The highest BCUT2D eigenvalue weighted by atomic mass is 32.2. The lowest BCUT2D eigenvalue weighted by Crippen LogP contribution is -2.25. The van der Waals surface area contributed by atoms with Crippen LogP contribution in [0.5, 0.6) is 0 Å². The van der Waals surface area contributed by atoms with E-state index in [1.165, 1.54) is 35.6 Å². The number of carbonyl (C=O) groups is 1. The first-order valence-corrected chi connectivity index (χ1v) is 11.7. The van der Waals surface area contributed by atoms with Gasteiger partial charge in [-0.2, -0.15) is 0 Å². The van der Waals surface area contributed by atoms with Crippen LogP contribution >= 0.6 is 11.3 Å². The molecule has 0 spiro atoms. The van der Waals surface area contributed by atoms with Gasteiger partial charge in [0.25, 0.3) is 5.91 Å². The molecular weight excluding hydrogens is 430 g/mol. The predicted molar refractivity (Wildman–Crippen MR) is 112 cm³/mol. The monoisotopic (exact) mass is 453 g/mol. The molecule has 1 aromatic heterocycles. The summed E-state index contributed by atoms with van der Waals surface area (Å²) in [5, 5.41) is 15.7. The minimum Gasteiger partial charge on any atom is -0.392 e. The van der Waals surface area contributed by atoms with Crippen molar-refractivity contribution in [1.29, 1.82) is 0 Å². The van der Waals surface area contributed by atoms with Gasteiger partial charge in [-0.15, -0.1) is 0 Å². The maximum Gasteiger partial charge on any atom is 0.280 e. The van der Waals surface area contributed by atoms with Crippen molar-refractivity contribution in [2.24, 2.45) is 5.16 Å². The van der Waals surface area contributed by atoms with Gasteiger partial charge in [-0.05, 0) is 31.9 Å². The summed E-state index contributed by atoms with van der Waals surface area (Å²) in [4.78, 5) is 23.2. The molecule has 1 saturated carbocycles. The van der Waals surface area contributed by atoms with Crippen LogP contribution in [-0.2, 0) is 30.8 Å². The number of methoxy groups -OCH3 is 1. The van der Waals surface area contributed by atoms with E-state index in [1.807, 2.05) is 0 Å². The SMILES string of the molecule is COCc1cnc(NC(=O)C(=NO[C@H](C)CO)c2ccc(S(=O)(=O)C3CC3)cc2)s1. The van der Waals surface area contributed by atoms with Crippen LogP contribution in [0.2, 0.25) is 0 Å². The van der Waals surface area contributed by atoms with Crippen molar-refractivity contribution >= 4 is 37.9 Å². The van der Waals surface area contributed by atoms with E-state index in [9.17, 15) is 13.2 Å². The molecule has 2 aromatic rings. The van der Waals surface area contributed by atoms with Crippen molar-refractivity contribution in [3.63, 3.8) is 0 Å². The predicted octanol–water partition coefficient (Wildman–Crippen LogP) is 1.97. The van der Waals surface area contributed by atoms with E-state index in [0.29, 0.717) is 30.1 Å². The zero-order valence-corrected chi connectivity index (χ0v) is 18.2. The highest BCUT2D eigenvalue weighted by Crippen LogP contribution is 2.33. The van der Waals surface area contributed by atoms with E-state index < -0.39 is 21.8 Å². The number of nitrogens with one attached hydrogen (secondary N) is 1. The lowest BCUT2D eigenvalue weighted by atomic mass is 10.1. The number of aliphatic hydroxyl groups is 1. The van der Waals surface area contributed by atoms with Gasteiger partial charge in [0.1, 0.15) is 6.10 Å². The van der Waals surface area contributed by atoms with Crippen molar-refractivity contribution in [2.75, 3.05) is 19.0 Å². The fraction of sp³-hybridized carbons (Fsp3) is 0.421. The van der Waals surface area contributed by atoms with Gasteiger partial charge >= 0.3 is 0 Å². The number of benzene rings is 1. The van der Waals surface area contributed by atoms with Gasteiger partial charge in [0.15, 0.2) is 20.7 Å². The number of ether oxygens (including phenoxy) is 1. The van der Waals surface area contributed by atoms with Gasteiger partial charge < -0.3 is 14.7 Å². The Morgan fingerprint density at radius 3 is 2.67 bits per heavy atom. The number of aromatic nitrogens is 1. The second-order valence-corrected chi connectivity index (χ2v) is 10.2. The first-order chi connectivity index (χ1) is 14.3. The van der Waals surface area contributed by atoms with Crippen LogP contribution in [0.15, 0.2) is 40.5 Å². The summed E-state index contributed by atoms with van der Waals surface area (Å²) in [5.74, 6) is -0.573. The van der Waals surface area contributed by atoms with Gasteiger partial charge in [-0.1, -0.05) is 28.6 Å². The molecular formula is C19H23N3O6S2. The number of oxime groups is 1. The molecule has 0 radical (unpaired) electrons. The normalized spacial score (nSPS) is 15.6. The quantitative estimate of drug-likeness (QED) is 0.416. The third-order valence-electron chi connectivity index (χ3n) is 4.28. The number of anilines is 1. The third kappa shape index (κ3) is 5.42. The first kappa shape index (κ1) is 22.3. The number of aliphatic hydroxyl groups excluding tert-OH is 1. The lowest BCUT2D eigenvalue weighted by molar-refractivity contribution is -0.110. The second kappa shape index (κ2) is 9.65. The van der Waals surface area contributed by atoms with Crippen LogP contribution in [0.25, 0.3) is 0 Å². The molecule has 0 saturated heterocycles. The molecule has 1 heterocycles. The Hall–Kier alpha value is -2.34. The van der Waals surface area contributed by atoms with E-state index in [1.54, 1.807) is 20.2 Å². The number of amides is 1. The number of thiazole rings is 1. The van der Waals surface area contributed by atoms with Gasteiger partial charge in [0, 0.05) is 18.9 Å². The van der Waals surface area contributed by atoms with E-state index in [0.717, 1.165) is 4.88 Å². The van der Waals surface area contributed by atoms with Gasteiger partial charge in [0.2, 0.25) is 0 Å². The molecule has 0 bridgehead atoms. The van der Waals surface area contributed by atoms with E-state index >= 15 is 0 Å². The van der Waals surface area contributed by atoms with Crippen LogP contribution in [0, 0.1) is 0 Å². The fourth-order valence-electron chi connectivity index (χ4n) is 2.51. The molecule has 1 amide bonds. The second-order valence-electron chi connectivity index (χ2n) is 6.83. The van der Waals surface area contributed by atoms with Crippen LogP contribution in [-0.4, -0.2) is 55.2 Å². The molecule has 11 heteroatoms. The maximum absolute atomic E-state index is 12.8. The Labute approximate surface area is 178 Å². The maximum atomic E-state index is 12.8. The molecule has 2 N–H and O–H groups in total. The van der Waals surface area contributed by atoms with Gasteiger partial charge in [-0.3, -0.25) is 10.1 Å². The number of hydrogen-bond donors (Lipinski definition) is 2. The topological polar surface area (TPSA) is 127 Å². The summed E-state index contributed by atoms with van der Waals surface area (Å²) in [6.07, 6.45) is 2.33. The lowest BCUT2D eigenvalue weighted by Gasteiger charge is -2.10. The molecule has 0 aliphatic heterocycles. The molecule has 1 aliphatic carbocycles. The number of rotatable bonds is 10. The minimum atomic E-state index is -3.33. The van der Waals surface area contributed by atoms with Gasteiger partial charge in [0.05, 0.1) is 28.2 Å². The standard InChI is InChI=1S/C19H23N3O6S2/c1-12(10-23)28-22-17(18(24)21-19-20-9-14(29-19)11-27-2)13-3-5-15(6-4-13)30(25,26)16-7-8-16/h3-6,9,12,16,23H,7-8,10-11H2,1-2H3,(H,20,21,24)/t12-/m1/s1. The Balaban J connectivity index is 1.83. The summed E-state index contributed by atoms with van der Waals surface area (Å²) in [6.45, 7) is 1.70. The third-order valence-corrected chi connectivity index (χ3v) is 7.44. The van der Waals surface area contributed by atoms with E-state index in [-0.39, 0.29) is 22.5 Å². The van der Waals surface area contributed by atoms with Crippen molar-refractivity contribution in [1.82, 2.24) is 4.98 Å². The summed E-state index contributed by atoms with van der Waals surface area (Å²) >= 11 is 1.26. The average molecular weight is 454 g/mol. The first-order valence-electron chi connectivity index (χ1n) is 9.29. The van der Waals surface area contributed by atoms with Crippen molar-refractivity contribution < 1.29 is 27.9 Å². The number of sulfone groups is 1. The summed E-state index contributed by atoms with van der Waals surface area (Å²) in [7, 11) is -1.77. The Morgan fingerprint density at radius 2 is 2.07 bits per heavy atom. The smallest absolute Gasteiger partial charge is 0.280 e. The molecule has 3 rings (SSSR count). The fourth-order valence-corrected chi connectivity index (χ4v) is 4.94. The van der Waals surface area contributed by atoms with Crippen molar-refractivity contribution in [2.45, 2.75) is 42.6 Å². The van der Waals surface area contributed by atoms with Crippen LogP contribution in [0.4, 0.5) is 5.13 Å². The molecule has 1 atom stereocenters. The molecule has 30 heavy (non-hydrogen) atoms. The Kier molecular flexibility index (Phi) is 7.19. The van der Waals surface area contributed by atoms with Crippen molar-refractivity contribution in [3.05, 3.63) is 40.9 Å². The highest BCUT2D eigenvalue weighted by molar-refractivity contribution is 7.92. The van der Waals surface area contributed by atoms with E-state index in [2.05, 4.69) is 15.5 Å². The minimum absolute atomic E-state index is 0.0610. The summed E-state index contributed by atoms with van der Waals surface area (Å²) < 4.78 is 29.8. The van der Waals surface area contributed by atoms with Crippen LogP contribution in [0.3, 0.4) is 0 Å². The molecule has 9 nitrogen and oxygen atoms in total. The van der Waals surface area contributed by atoms with E-state index in [4.69, 9.17) is 14.7 Å². The number of hydrogen-bond acceptors (Lipinski definition) is 9.